The summed E-state index contributed by atoms with van der Waals surface area (Å²) in [6, 6.07) is 8.85. The van der Waals surface area contributed by atoms with Gasteiger partial charge in [0.1, 0.15) is 5.75 Å². The van der Waals surface area contributed by atoms with Crippen LogP contribution in [0.15, 0.2) is 28.7 Å². The average molecular weight is 469 g/mol. The molecule has 28 heavy (non-hydrogen) atoms. The van der Waals surface area contributed by atoms with E-state index in [4.69, 9.17) is 4.74 Å². The molecule has 154 valence electrons. The Morgan fingerprint density at radius 2 is 1.96 bits per heavy atom. The summed E-state index contributed by atoms with van der Waals surface area (Å²) in [6.45, 7) is 7.83. The summed E-state index contributed by atoms with van der Waals surface area (Å²) >= 11 is 3.72. The number of benzene rings is 2. The van der Waals surface area contributed by atoms with Gasteiger partial charge in [-0.3, -0.25) is 0 Å². The van der Waals surface area contributed by atoms with Gasteiger partial charge in [-0.15, -0.1) is 0 Å². The standard InChI is InChI=1S/C21H29BrN2O3S/c1-21(2,3)17-10-18(22)15-7-6-14(9-16(15)20(17)27-4)19-8-13(11-23-19)12-24-28(5,25)26/h6-7,9-10,13,19,23-24H,8,11-12H2,1-5H3. The van der Waals surface area contributed by atoms with Crippen molar-refractivity contribution in [1.29, 1.82) is 0 Å². The summed E-state index contributed by atoms with van der Waals surface area (Å²) in [7, 11) is -1.43. The van der Waals surface area contributed by atoms with Crippen molar-refractivity contribution in [2.24, 2.45) is 5.92 Å². The van der Waals surface area contributed by atoms with Crippen molar-refractivity contribution in [2.45, 2.75) is 38.6 Å². The van der Waals surface area contributed by atoms with Crippen molar-refractivity contribution in [3.8, 4) is 5.75 Å². The number of sulfonamides is 1. The smallest absolute Gasteiger partial charge is 0.208 e. The van der Waals surface area contributed by atoms with Gasteiger partial charge < -0.3 is 10.1 Å². The molecule has 2 N–H and O–H groups in total. The Morgan fingerprint density at radius 1 is 1.25 bits per heavy atom. The molecule has 0 radical (unpaired) electrons. The van der Waals surface area contributed by atoms with Crippen LogP contribution in [0.2, 0.25) is 0 Å². The molecule has 0 amide bonds. The molecule has 3 rings (SSSR count). The quantitative estimate of drug-likeness (QED) is 0.692. The first-order chi connectivity index (χ1) is 13.0. The van der Waals surface area contributed by atoms with Gasteiger partial charge in [-0.2, -0.15) is 0 Å². The molecule has 0 bridgehead atoms. The molecule has 1 heterocycles. The Kier molecular flexibility index (Phi) is 6.11. The van der Waals surface area contributed by atoms with E-state index in [-0.39, 0.29) is 17.4 Å². The van der Waals surface area contributed by atoms with E-state index in [1.165, 1.54) is 17.4 Å². The van der Waals surface area contributed by atoms with Crippen molar-refractivity contribution < 1.29 is 13.2 Å². The van der Waals surface area contributed by atoms with Gasteiger partial charge >= 0.3 is 0 Å². The number of rotatable bonds is 5. The second-order valence-corrected chi connectivity index (χ2v) is 11.4. The van der Waals surface area contributed by atoms with Crippen LogP contribution < -0.4 is 14.8 Å². The van der Waals surface area contributed by atoms with Crippen LogP contribution in [-0.2, 0) is 15.4 Å². The van der Waals surface area contributed by atoms with E-state index in [0.29, 0.717) is 6.54 Å². The Morgan fingerprint density at radius 3 is 2.57 bits per heavy atom. The summed E-state index contributed by atoms with van der Waals surface area (Å²) in [5, 5.41) is 5.76. The highest BCUT2D eigenvalue weighted by molar-refractivity contribution is 9.10. The van der Waals surface area contributed by atoms with Gasteiger partial charge in [-0.05, 0) is 47.4 Å². The maximum Gasteiger partial charge on any atom is 0.208 e. The fourth-order valence-electron chi connectivity index (χ4n) is 3.85. The summed E-state index contributed by atoms with van der Waals surface area (Å²) in [5.41, 5.74) is 2.33. The van der Waals surface area contributed by atoms with E-state index in [1.807, 2.05) is 0 Å². The second kappa shape index (κ2) is 7.94. The minimum atomic E-state index is -3.15. The van der Waals surface area contributed by atoms with E-state index in [2.05, 4.69) is 71.0 Å². The number of hydrogen-bond acceptors (Lipinski definition) is 4. The molecule has 2 aromatic rings. The fraction of sp³-hybridized carbons (Fsp3) is 0.524. The average Bonchev–Trinajstić information content (AvgIpc) is 3.07. The number of hydrogen-bond donors (Lipinski definition) is 2. The van der Waals surface area contributed by atoms with E-state index < -0.39 is 10.0 Å². The minimum absolute atomic E-state index is 0.0356. The molecule has 2 atom stereocenters. The molecule has 1 aliphatic rings. The first-order valence-electron chi connectivity index (χ1n) is 9.48. The van der Waals surface area contributed by atoms with Gasteiger partial charge in [-0.1, -0.05) is 48.8 Å². The highest BCUT2D eigenvalue weighted by atomic mass is 79.9. The van der Waals surface area contributed by atoms with Gasteiger partial charge in [0.15, 0.2) is 0 Å². The summed E-state index contributed by atoms with van der Waals surface area (Å²) in [4.78, 5) is 0. The third-order valence-corrected chi connectivity index (χ3v) is 6.68. The van der Waals surface area contributed by atoms with Crippen LogP contribution >= 0.6 is 15.9 Å². The Balaban J connectivity index is 1.94. The lowest BCUT2D eigenvalue weighted by Crippen LogP contribution is -2.29. The zero-order chi connectivity index (χ0) is 20.7. The molecular formula is C21H29BrN2O3S. The van der Waals surface area contributed by atoms with Crippen LogP contribution in [-0.4, -0.2) is 34.9 Å². The van der Waals surface area contributed by atoms with E-state index in [0.717, 1.165) is 34.0 Å². The number of ether oxygens (including phenoxy) is 1. The zero-order valence-electron chi connectivity index (χ0n) is 17.1. The highest BCUT2D eigenvalue weighted by Crippen LogP contribution is 2.42. The Labute approximate surface area is 176 Å². The third-order valence-electron chi connectivity index (χ3n) is 5.33. The largest absolute Gasteiger partial charge is 0.496 e. The Hall–Kier alpha value is -1.15. The lowest BCUT2D eigenvalue weighted by atomic mass is 9.84. The fourth-order valence-corrected chi connectivity index (χ4v) is 4.97. The molecule has 1 saturated heterocycles. The number of nitrogens with one attached hydrogen (secondary N) is 2. The maximum atomic E-state index is 11.4. The molecule has 1 aliphatic heterocycles. The monoisotopic (exact) mass is 468 g/mol. The van der Waals surface area contributed by atoms with Gasteiger partial charge in [0, 0.05) is 28.0 Å². The topological polar surface area (TPSA) is 67.4 Å². The lowest BCUT2D eigenvalue weighted by molar-refractivity contribution is 0.402. The number of methoxy groups -OCH3 is 1. The molecule has 1 fully saturated rings. The second-order valence-electron chi connectivity index (χ2n) is 8.68. The van der Waals surface area contributed by atoms with Gasteiger partial charge in [0.2, 0.25) is 10.0 Å². The van der Waals surface area contributed by atoms with Crippen molar-refractivity contribution >= 4 is 36.7 Å². The molecular weight excluding hydrogens is 440 g/mol. The lowest BCUT2D eigenvalue weighted by Gasteiger charge is -2.24. The molecule has 0 aromatic heterocycles. The first-order valence-corrected chi connectivity index (χ1v) is 12.2. The summed E-state index contributed by atoms with van der Waals surface area (Å²) in [5.74, 6) is 1.20. The van der Waals surface area contributed by atoms with Gasteiger partial charge in [0.25, 0.3) is 0 Å². The highest BCUT2D eigenvalue weighted by Gasteiger charge is 2.27. The first kappa shape index (κ1) is 21.6. The van der Waals surface area contributed by atoms with Crippen LogP contribution in [0.1, 0.15) is 44.4 Å². The van der Waals surface area contributed by atoms with Gasteiger partial charge in [0.05, 0.1) is 13.4 Å². The predicted octanol–water partition coefficient (Wildman–Crippen LogP) is 4.11. The minimum Gasteiger partial charge on any atom is -0.496 e. The molecule has 0 aliphatic carbocycles. The molecule has 5 nitrogen and oxygen atoms in total. The van der Waals surface area contributed by atoms with Crippen LogP contribution in [0.25, 0.3) is 10.8 Å². The van der Waals surface area contributed by atoms with E-state index in [9.17, 15) is 8.42 Å². The molecule has 0 saturated carbocycles. The van der Waals surface area contributed by atoms with E-state index in [1.54, 1.807) is 7.11 Å². The zero-order valence-corrected chi connectivity index (χ0v) is 19.5. The van der Waals surface area contributed by atoms with Crippen molar-refractivity contribution in [2.75, 3.05) is 26.5 Å². The normalized spacial score (nSPS) is 20.6. The summed E-state index contributed by atoms with van der Waals surface area (Å²) < 4.78 is 32.2. The molecule has 2 aromatic carbocycles. The van der Waals surface area contributed by atoms with Crippen LogP contribution in [0.5, 0.6) is 5.75 Å². The number of halogens is 1. The molecule has 0 spiro atoms. The van der Waals surface area contributed by atoms with Crippen molar-refractivity contribution in [3.05, 3.63) is 39.9 Å². The summed E-state index contributed by atoms with van der Waals surface area (Å²) in [6.07, 6.45) is 2.10. The number of fused-ring (bicyclic) bond motifs is 1. The molecule has 7 heteroatoms. The predicted molar refractivity (Wildman–Crippen MR) is 119 cm³/mol. The molecule has 2 unspecified atom stereocenters. The SMILES string of the molecule is COc1c(C(C)(C)C)cc(Br)c2ccc(C3CC(CNS(C)(=O)=O)CN3)cc12. The van der Waals surface area contributed by atoms with Crippen molar-refractivity contribution in [1.82, 2.24) is 10.0 Å². The van der Waals surface area contributed by atoms with Crippen LogP contribution in [0.3, 0.4) is 0 Å². The van der Waals surface area contributed by atoms with Crippen LogP contribution in [0.4, 0.5) is 0 Å². The van der Waals surface area contributed by atoms with Crippen molar-refractivity contribution in [3.63, 3.8) is 0 Å². The maximum absolute atomic E-state index is 11.4. The third kappa shape index (κ3) is 4.70. The van der Waals surface area contributed by atoms with Gasteiger partial charge in [-0.25, -0.2) is 13.1 Å². The van der Waals surface area contributed by atoms with E-state index >= 15 is 0 Å². The Bertz CT molecular complexity index is 983. The van der Waals surface area contributed by atoms with Crippen LogP contribution in [0, 0.1) is 5.92 Å².